The van der Waals surface area contributed by atoms with Crippen molar-refractivity contribution in [1.29, 1.82) is 0 Å². The topological polar surface area (TPSA) is 81.4 Å². The van der Waals surface area contributed by atoms with Crippen LogP contribution in [-0.2, 0) is 11.2 Å². The molecule has 5 nitrogen and oxygen atoms in total. The van der Waals surface area contributed by atoms with E-state index in [1.807, 2.05) is 0 Å². The molecule has 0 bridgehead atoms. The Morgan fingerprint density at radius 1 is 1.18 bits per heavy atom. The minimum absolute atomic E-state index is 0.180. The van der Waals surface area contributed by atoms with E-state index < -0.39 is 0 Å². The first-order valence-corrected chi connectivity index (χ1v) is 7.31. The smallest absolute Gasteiger partial charge is 0.255 e. The van der Waals surface area contributed by atoms with Crippen LogP contribution in [0.25, 0.3) is 0 Å². The molecule has 0 atom stereocenters. The summed E-state index contributed by atoms with van der Waals surface area (Å²) < 4.78 is 5.83. The number of carbonyl (C=O) groups excluding carboxylic acids is 2. The molecule has 0 aromatic heterocycles. The number of ether oxygens (including phenoxy) is 1. The SMILES string of the molecule is COc1ccc(C(=O)Nc2ccc(CC(N)=O)cc2)cc1Br. The molecule has 2 aromatic carbocycles. The summed E-state index contributed by atoms with van der Waals surface area (Å²) in [7, 11) is 1.56. The van der Waals surface area contributed by atoms with E-state index in [0.29, 0.717) is 21.5 Å². The lowest BCUT2D eigenvalue weighted by Crippen LogP contribution is -2.14. The monoisotopic (exact) mass is 362 g/mol. The highest BCUT2D eigenvalue weighted by molar-refractivity contribution is 9.10. The fourth-order valence-electron chi connectivity index (χ4n) is 1.92. The molecule has 114 valence electrons. The molecule has 2 amide bonds. The van der Waals surface area contributed by atoms with Gasteiger partial charge in [0, 0.05) is 11.3 Å². The van der Waals surface area contributed by atoms with E-state index in [1.54, 1.807) is 49.6 Å². The van der Waals surface area contributed by atoms with E-state index in [-0.39, 0.29) is 18.2 Å². The lowest BCUT2D eigenvalue weighted by molar-refractivity contribution is -0.117. The fourth-order valence-corrected chi connectivity index (χ4v) is 2.46. The van der Waals surface area contributed by atoms with E-state index >= 15 is 0 Å². The standard InChI is InChI=1S/C16H15BrN2O3/c1-22-14-7-4-11(9-13(14)17)16(21)19-12-5-2-10(3-6-12)8-15(18)20/h2-7,9H,8H2,1H3,(H2,18,20)(H,19,21). The predicted octanol–water partition coefficient (Wildman–Crippen LogP) is 2.74. The highest BCUT2D eigenvalue weighted by Crippen LogP contribution is 2.25. The lowest BCUT2D eigenvalue weighted by Gasteiger charge is -2.08. The van der Waals surface area contributed by atoms with Crippen LogP contribution in [0.4, 0.5) is 5.69 Å². The summed E-state index contributed by atoms with van der Waals surface area (Å²) in [6, 6.07) is 12.1. The first-order chi connectivity index (χ1) is 10.5. The number of carbonyl (C=O) groups is 2. The van der Waals surface area contributed by atoms with Crippen molar-refractivity contribution in [2.24, 2.45) is 5.73 Å². The first kappa shape index (κ1) is 16.0. The molecule has 3 N–H and O–H groups in total. The zero-order valence-electron chi connectivity index (χ0n) is 11.9. The third-order valence-corrected chi connectivity index (χ3v) is 3.62. The van der Waals surface area contributed by atoms with Gasteiger partial charge in [-0.3, -0.25) is 9.59 Å². The predicted molar refractivity (Wildman–Crippen MR) is 88.0 cm³/mol. The van der Waals surface area contributed by atoms with Crippen molar-refractivity contribution in [3.63, 3.8) is 0 Å². The van der Waals surface area contributed by atoms with Gasteiger partial charge < -0.3 is 15.8 Å². The third-order valence-electron chi connectivity index (χ3n) is 3.00. The number of rotatable bonds is 5. The van der Waals surface area contributed by atoms with Crippen LogP contribution in [0.1, 0.15) is 15.9 Å². The number of primary amides is 1. The molecular weight excluding hydrogens is 348 g/mol. The van der Waals surface area contributed by atoms with Crippen LogP contribution in [0, 0.1) is 0 Å². The Hall–Kier alpha value is -2.34. The molecule has 2 aromatic rings. The maximum Gasteiger partial charge on any atom is 0.255 e. The van der Waals surface area contributed by atoms with Gasteiger partial charge >= 0.3 is 0 Å². The summed E-state index contributed by atoms with van der Waals surface area (Å²) in [5.41, 5.74) is 7.09. The fraction of sp³-hybridized carbons (Fsp3) is 0.125. The van der Waals surface area contributed by atoms with Gasteiger partial charge in [-0.15, -0.1) is 0 Å². The minimum atomic E-state index is -0.389. The maximum absolute atomic E-state index is 12.2. The number of hydrogen-bond acceptors (Lipinski definition) is 3. The van der Waals surface area contributed by atoms with Gasteiger partial charge in [-0.2, -0.15) is 0 Å². The Morgan fingerprint density at radius 3 is 2.41 bits per heavy atom. The quantitative estimate of drug-likeness (QED) is 0.857. The Kier molecular flexibility index (Phi) is 5.16. The number of hydrogen-bond donors (Lipinski definition) is 2. The van der Waals surface area contributed by atoms with Crippen molar-refractivity contribution in [3.8, 4) is 5.75 Å². The van der Waals surface area contributed by atoms with Crippen molar-refractivity contribution >= 4 is 33.4 Å². The van der Waals surface area contributed by atoms with Crippen molar-refractivity contribution < 1.29 is 14.3 Å². The zero-order chi connectivity index (χ0) is 16.1. The molecule has 22 heavy (non-hydrogen) atoms. The normalized spacial score (nSPS) is 10.1. The van der Waals surface area contributed by atoms with Gasteiger partial charge in [0.15, 0.2) is 0 Å². The number of halogens is 1. The third kappa shape index (κ3) is 4.08. The number of amides is 2. The summed E-state index contributed by atoms with van der Waals surface area (Å²) in [5, 5.41) is 2.79. The second kappa shape index (κ2) is 7.09. The summed E-state index contributed by atoms with van der Waals surface area (Å²) in [5.74, 6) is 0.0400. The Labute approximate surface area is 136 Å². The van der Waals surface area contributed by atoms with Gasteiger partial charge in [0.1, 0.15) is 5.75 Å². The van der Waals surface area contributed by atoms with Crippen LogP contribution in [0.5, 0.6) is 5.75 Å². The molecule has 0 unspecified atom stereocenters. The first-order valence-electron chi connectivity index (χ1n) is 6.51. The molecule has 0 aliphatic heterocycles. The van der Waals surface area contributed by atoms with Crippen LogP contribution < -0.4 is 15.8 Å². The van der Waals surface area contributed by atoms with Gasteiger partial charge in [0.2, 0.25) is 5.91 Å². The maximum atomic E-state index is 12.2. The van der Waals surface area contributed by atoms with Gasteiger partial charge in [-0.25, -0.2) is 0 Å². The van der Waals surface area contributed by atoms with Crippen LogP contribution in [-0.4, -0.2) is 18.9 Å². The van der Waals surface area contributed by atoms with Crippen molar-refractivity contribution in [2.75, 3.05) is 12.4 Å². The molecule has 0 spiro atoms. The number of nitrogens with two attached hydrogens (primary N) is 1. The van der Waals surface area contributed by atoms with Crippen LogP contribution in [0.3, 0.4) is 0 Å². The van der Waals surface area contributed by atoms with E-state index in [9.17, 15) is 9.59 Å². The van der Waals surface area contributed by atoms with E-state index in [4.69, 9.17) is 10.5 Å². The highest BCUT2D eigenvalue weighted by Gasteiger charge is 2.09. The van der Waals surface area contributed by atoms with Gasteiger partial charge in [0.25, 0.3) is 5.91 Å². The van der Waals surface area contributed by atoms with Gasteiger partial charge in [0.05, 0.1) is 18.0 Å². The summed E-state index contributed by atoms with van der Waals surface area (Å²) in [4.78, 5) is 23.0. The molecule has 0 saturated heterocycles. The Balaban J connectivity index is 2.08. The zero-order valence-corrected chi connectivity index (χ0v) is 13.5. The van der Waals surface area contributed by atoms with Crippen molar-refractivity contribution in [3.05, 3.63) is 58.1 Å². The average Bonchev–Trinajstić information content (AvgIpc) is 2.48. The van der Waals surface area contributed by atoms with E-state index in [1.165, 1.54) is 0 Å². The van der Waals surface area contributed by atoms with Crippen LogP contribution in [0.15, 0.2) is 46.9 Å². The molecule has 2 rings (SSSR count). The molecule has 0 saturated carbocycles. The molecular formula is C16H15BrN2O3. The molecule has 0 heterocycles. The molecule has 0 radical (unpaired) electrons. The summed E-state index contributed by atoms with van der Waals surface area (Å²) >= 11 is 3.34. The molecule has 0 aliphatic carbocycles. The molecule has 0 aliphatic rings. The van der Waals surface area contributed by atoms with Crippen molar-refractivity contribution in [2.45, 2.75) is 6.42 Å². The van der Waals surface area contributed by atoms with Crippen LogP contribution in [0.2, 0.25) is 0 Å². The van der Waals surface area contributed by atoms with Gasteiger partial charge in [-0.1, -0.05) is 12.1 Å². The summed E-state index contributed by atoms with van der Waals surface area (Å²) in [6.45, 7) is 0. The molecule has 6 heteroatoms. The number of anilines is 1. The molecule has 0 fully saturated rings. The minimum Gasteiger partial charge on any atom is -0.496 e. The van der Waals surface area contributed by atoms with Crippen molar-refractivity contribution in [1.82, 2.24) is 0 Å². The second-order valence-corrected chi connectivity index (χ2v) is 5.50. The van der Waals surface area contributed by atoms with E-state index in [0.717, 1.165) is 5.56 Å². The number of benzene rings is 2. The van der Waals surface area contributed by atoms with Gasteiger partial charge in [-0.05, 0) is 51.8 Å². The highest BCUT2D eigenvalue weighted by atomic mass is 79.9. The Morgan fingerprint density at radius 2 is 1.86 bits per heavy atom. The largest absolute Gasteiger partial charge is 0.496 e. The summed E-state index contributed by atoms with van der Waals surface area (Å²) in [6.07, 6.45) is 0.180. The number of nitrogens with one attached hydrogen (secondary N) is 1. The lowest BCUT2D eigenvalue weighted by atomic mass is 10.1. The van der Waals surface area contributed by atoms with Crippen LogP contribution >= 0.6 is 15.9 Å². The van der Waals surface area contributed by atoms with E-state index in [2.05, 4.69) is 21.2 Å². The second-order valence-electron chi connectivity index (χ2n) is 4.64. The average molecular weight is 363 g/mol. The Bertz CT molecular complexity index is 699. The number of methoxy groups -OCH3 is 1.